The molecule has 0 saturated heterocycles. The lowest BCUT2D eigenvalue weighted by molar-refractivity contribution is 1.28. The van der Waals surface area contributed by atoms with E-state index in [0.717, 1.165) is 22.7 Å². The minimum Gasteiger partial charge on any atom is -0.310 e. The van der Waals surface area contributed by atoms with E-state index in [1.165, 1.54) is 54.8 Å². The van der Waals surface area contributed by atoms with E-state index >= 15 is 0 Å². The molecular weight excluding hydrogens is 532 g/mol. The summed E-state index contributed by atoms with van der Waals surface area (Å²) in [6.45, 7) is 4.32. The Morgan fingerprint density at radius 1 is 0.341 bits per heavy atom. The van der Waals surface area contributed by atoms with Crippen LogP contribution in [0.1, 0.15) is 11.1 Å². The summed E-state index contributed by atoms with van der Waals surface area (Å²) < 4.78 is 0. The predicted octanol–water partition coefficient (Wildman–Crippen LogP) is 12.1. The summed E-state index contributed by atoms with van der Waals surface area (Å²) in [5.41, 5.74) is 9.42. The third-order valence-corrected chi connectivity index (χ3v) is 8.65. The standard InChI is InChI=1S/C42H32N2/c1-29-11-9-17-35(27-29)43(33-13-5-3-6-14-33)39-25-21-31-20-24-38-40(26-22-32-19-23-37(39)41(31)42(32)38)44(34-15-7-4-8-16-34)36-18-10-12-30(2)28-36/h3-28H,1-2H3. The summed E-state index contributed by atoms with van der Waals surface area (Å²) >= 11 is 0. The third-order valence-electron chi connectivity index (χ3n) is 8.65. The maximum atomic E-state index is 2.39. The average Bonchev–Trinajstić information content (AvgIpc) is 3.06. The summed E-state index contributed by atoms with van der Waals surface area (Å²) in [7, 11) is 0. The van der Waals surface area contributed by atoms with E-state index in [1.54, 1.807) is 0 Å². The van der Waals surface area contributed by atoms with E-state index in [1.807, 2.05) is 0 Å². The second-order valence-electron chi connectivity index (χ2n) is 11.6. The monoisotopic (exact) mass is 564 g/mol. The zero-order valence-corrected chi connectivity index (χ0v) is 24.9. The molecule has 0 N–H and O–H groups in total. The summed E-state index contributed by atoms with van der Waals surface area (Å²) in [5, 5.41) is 7.57. The van der Waals surface area contributed by atoms with Gasteiger partial charge in [-0.2, -0.15) is 0 Å². The summed E-state index contributed by atoms with van der Waals surface area (Å²) in [4.78, 5) is 4.78. The smallest absolute Gasteiger partial charge is 0.0540 e. The van der Waals surface area contributed by atoms with Gasteiger partial charge in [-0.05, 0) is 107 Å². The Morgan fingerprint density at radius 2 is 0.727 bits per heavy atom. The Kier molecular flexibility index (Phi) is 6.27. The number of hydrogen-bond acceptors (Lipinski definition) is 2. The van der Waals surface area contributed by atoms with E-state index in [-0.39, 0.29) is 0 Å². The fraction of sp³-hybridized carbons (Fsp3) is 0.0476. The first-order chi connectivity index (χ1) is 21.7. The molecule has 8 aromatic carbocycles. The fourth-order valence-electron chi connectivity index (χ4n) is 6.70. The van der Waals surface area contributed by atoms with Crippen LogP contribution in [-0.4, -0.2) is 0 Å². The second kappa shape index (κ2) is 10.6. The molecule has 0 radical (unpaired) electrons. The molecule has 0 aliphatic carbocycles. The molecule has 44 heavy (non-hydrogen) atoms. The molecule has 0 aliphatic rings. The molecule has 210 valence electrons. The summed E-state index contributed by atoms with van der Waals surface area (Å²) in [6, 6.07) is 57.2. The molecule has 0 heterocycles. The largest absolute Gasteiger partial charge is 0.310 e. The van der Waals surface area contributed by atoms with Gasteiger partial charge >= 0.3 is 0 Å². The van der Waals surface area contributed by atoms with Gasteiger partial charge in [0.25, 0.3) is 0 Å². The lowest BCUT2D eigenvalue weighted by atomic mass is 9.91. The summed E-state index contributed by atoms with van der Waals surface area (Å²) in [6.07, 6.45) is 0. The minimum absolute atomic E-state index is 1.14. The Hall–Kier alpha value is -5.60. The maximum Gasteiger partial charge on any atom is 0.0540 e. The fourth-order valence-corrected chi connectivity index (χ4v) is 6.70. The van der Waals surface area contributed by atoms with Crippen molar-refractivity contribution in [1.82, 2.24) is 0 Å². The highest BCUT2D eigenvalue weighted by molar-refractivity contribution is 6.28. The molecule has 2 nitrogen and oxygen atoms in total. The van der Waals surface area contributed by atoms with Crippen molar-refractivity contribution in [2.75, 3.05) is 9.80 Å². The Bertz CT molecular complexity index is 2090. The number of aryl methyl sites for hydroxylation is 2. The first kappa shape index (κ1) is 26.1. The minimum atomic E-state index is 1.14. The van der Waals surface area contributed by atoms with E-state index in [4.69, 9.17) is 0 Å². The van der Waals surface area contributed by atoms with Crippen LogP contribution < -0.4 is 9.80 Å². The van der Waals surface area contributed by atoms with Gasteiger partial charge in [-0.3, -0.25) is 0 Å². The molecule has 0 amide bonds. The van der Waals surface area contributed by atoms with Crippen LogP contribution in [0.4, 0.5) is 34.1 Å². The molecule has 0 atom stereocenters. The van der Waals surface area contributed by atoms with Crippen LogP contribution in [0.2, 0.25) is 0 Å². The molecule has 0 spiro atoms. The Labute approximate surface area is 258 Å². The molecule has 0 saturated carbocycles. The van der Waals surface area contributed by atoms with Crippen molar-refractivity contribution in [2.24, 2.45) is 0 Å². The molecular formula is C42H32N2. The number of nitrogens with zero attached hydrogens (tertiary/aromatic N) is 2. The lowest BCUT2D eigenvalue weighted by Crippen LogP contribution is -2.11. The molecule has 0 unspecified atom stereocenters. The van der Waals surface area contributed by atoms with Crippen molar-refractivity contribution in [3.8, 4) is 0 Å². The highest BCUT2D eigenvalue weighted by Gasteiger charge is 2.21. The molecule has 8 aromatic rings. The predicted molar refractivity (Wildman–Crippen MR) is 189 cm³/mol. The zero-order chi connectivity index (χ0) is 29.6. The normalized spacial score (nSPS) is 11.4. The van der Waals surface area contributed by atoms with Crippen LogP contribution in [0.3, 0.4) is 0 Å². The van der Waals surface area contributed by atoms with Gasteiger partial charge in [-0.15, -0.1) is 0 Å². The number of anilines is 6. The van der Waals surface area contributed by atoms with Gasteiger partial charge in [0.15, 0.2) is 0 Å². The lowest BCUT2D eigenvalue weighted by Gasteiger charge is -2.29. The summed E-state index contributed by atoms with van der Waals surface area (Å²) in [5.74, 6) is 0. The number of para-hydroxylation sites is 2. The SMILES string of the molecule is Cc1cccc(N(c2ccccc2)c2ccc3ccc4c(N(c5ccccc5)c5cccc(C)c5)ccc5ccc2c3c54)c1. The first-order valence-corrected chi connectivity index (χ1v) is 15.2. The first-order valence-electron chi connectivity index (χ1n) is 15.2. The quantitative estimate of drug-likeness (QED) is 0.185. The highest BCUT2D eigenvalue weighted by Crippen LogP contribution is 2.47. The van der Waals surface area contributed by atoms with Gasteiger partial charge in [0.1, 0.15) is 0 Å². The van der Waals surface area contributed by atoms with Crippen molar-refractivity contribution >= 4 is 66.4 Å². The van der Waals surface area contributed by atoms with Crippen LogP contribution >= 0.6 is 0 Å². The van der Waals surface area contributed by atoms with Crippen LogP contribution in [0.5, 0.6) is 0 Å². The molecule has 0 bridgehead atoms. The molecule has 0 aromatic heterocycles. The second-order valence-corrected chi connectivity index (χ2v) is 11.6. The number of hydrogen-bond donors (Lipinski definition) is 0. The third kappa shape index (κ3) is 4.35. The van der Waals surface area contributed by atoms with Crippen molar-refractivity contribution in [3.05, 3.63) is 169 Å². The van der Waals surface area contributed by atoms with Crippen molar-refractivity contribution < 1.29 is 0 Å². The molecule has 8 rings (SSSR count). The Balaban J connectivity index is 1.42. The van der Waals surface area contributed by atoms with E-state index in [2.05, 4.69) is 181 Å². The highest BCUT2D eigenvalue weighted by atomic mass is 15.1. The van der Waals surface area contributed by atoms with Gasteiger partial charge in [-0.1, -0.05) is 97.1 Å². The van der Waals surface area contributed by atoms with E-state index < -0.39 is 0 Å². The molecule has 2 heteroatoms. The van der Waals surface area contributed by atoms with Gasteiger partial charge in [0, 0.05) is 33.5 Å². The van der Waals surface area contributed by atoms with Crippen LogP contribution in [0, 0.1) is 13.8 Å². The average molecular weight is 565 g/mol. The van der Waals surface area contributed by atoms with Crippen molar-refractivity contribution in [3.63, 3.8) is 0 Å². The van der Waals surface area contributed by atoms with Crippen molar-refractivity contribution in [1.29, 1.82) is 0 Å². The zero-order valence-electron chi connectivity index (χ0n) is 24.9. The van der Waals surface area contributed by atoms with Gasteiger partial charge < -0.3 is 9.80 Å². The topological polar surface area (TPSA) is 6.48 Å². The van der Waals surface area contributed by atoms with Gasteiger partial charge in [-0.25, -0.2) is 0 Å². The van der Waals surface area contributed by atoms with Crippen LogP contribution in [0.25, 0.3) is 32.3 Å². The van der Waals surface area contributed by atoms with Crippen molar-refractivity contribution in [2.45, 2.75) is 13.8 Å². The Morgan fingerprint density at radius 3 is 1.14 bits per heavy atom. The van der Waals surface area contributed by atoms with Crippen LogP contribution in [0.15, 0.2) is 158 Å². The molecule has 0 aliphatic heterocycles. The van der Waals surface area contributed by atoms with Gasteiger partial charge in [0.05, 0.1) is 11.4 Å². The van der Waals surface area contributed by atoms with Gasteiger partial charge in [0.2, 0.25) is 0 Å². The van der Waals surface area contributed by atoms with E-state index in [0.29, 0.717) is 0 Å². The number of rotatable bonds is 6. The molecule has 0 fully saturated rings. The number of benzene rings is 8. The van der Waals surface area contributed by atoms with E-state index in [9.17, 15) is 0 Å². The van der Waals surface area contributed by atoms with Crippen LogP contribution in [-0.2, 0) is 0 Å². The maximum absolute atomic E-state index is 2.39.